The number of amides is 3. The maximum absolute atomic E-state index is 11.8. The van der Waals surface area contributed by atoms with Crippen LogP contribution < -0.4 is 16.0 Å². The van der Waals surface area contributed by atoms with E-state index in [1.165, 1.54) is 5.56 Å². The number of carbonyl (C=O) groups is 2. The standard InChI is InChI=1S/C16H25N3O3/c1-4-13-5-7-14(8-6-13)12(2)19-15(20)11-18-16(21)17-9-10-22-3/h5-8,12H,4,9-11H2,1-3H3,(H,19,20)(H2,17,18,21)/t12-/m0/s1. The molecule has 0 radical (unpaired) electrons. The second-order valence-corrected chi connectivity index (χ2v) is 4.99. The molecule has 0 heterocycles. The minimum atomic E-state index is -0.382. The molecule has 3 N–H and O–H groups in total. The summed E-state index contributed by atoms with van der Waals surface area (Å²) < 4.78 is 4.81. The summed E-state index contributed by atoms with van der Waals surface area (Å²) in [5.41, 5.74) is 2.30. The van der Waals surface area contributed by atoms with Gasteiger partial charge in [0.05, 0.1) is 19.2 Å². The largest absolute Gasteiger partial charge is 0.383 e. The molecule has 0 aliphatic carbocycles. The van der Waals surface area contributed by atoms with Gasteiger partial charge in [-0.2, -0.15) is 0 Å². The molecule has 0 unspecified atom stereocenters. The van der Waals surface area contributed by atoms with Crippen LogP contribution in [0, 0.1) is 0 Å². The molecule has 1 aromatic carbocycles. The molecule has 6 nitrogen and oxygen atoms in total. The van der Waals surface area contributed by atoms with Crippen molar-refractivity contribution in [1.29, 1.82) is 0 Å². The number of methoxy groups -OCH3 is 1. The van der Waals surface area contributed by atoms with E-state index >= 15 is 0 Å². The number of rotatable bonds is 8. The number of benzene rings is 1. The Hall–Kier alpha value is -2.08. The van der Waals surface area contributed by atoms with E-state index in [1.54, 1.807) is 7.11 Å². The van der Waals surface area contributed by atoms with Crippen LogP contribution in [0.3, 0.4) is 0 Å². The second-order valence-electron chi connectivity index (χ2n) is 4.99. The van der Waals surface area contributed by atoms with Gasteiger partial charge in [-0.05, 0) is 24.5 Å². The summed E-state index contributed by atoms with van der Waals surface area (Å²) in [5.74, 6) is -0.228. The van der Waals surface area contributed by atoms with Gasteiger partial charge in [0, 0.05) is 13.7 Å². The molecule has 3 amide bonds. The van der Waals surface area contributed by atoms with Gasteiger partial charge >= 0.3 is 6.03 Å². The molecular formula is C16H25N3O3. The monoisotopic (exact) mass is 307 g/mol. The van der Waals surface area contributed by atoms with Crippen molar-refractivity contribution in [2.24, 2.45) is 0 Å². The van der Waals surface area contributed by atoms with E-state index in [0.29, 0.717) is 13.2 Å². The third-order valence-corrected chi connectivity index (χ3v) is 3.27. The second kappa shape index (κ2) is 9.78. The molecule has 6 heteroatoms. The van der Waals surface area contributed by atoms with Gasteiger partial charge in [0.25, 0.3) is 0 Å². The van der Waals surface area contributed by atoms with E-state index in [9.17, 15) is 9.59 Å². The molecular weight excluding hydrogens is 282 g/mol. The van der Waals surface area contributed by atoms with Gasteiger partial charge < -0.3 is 20.7 Å². The summed E-state index contributed by atoms with van der Waals surface area (Å²) in [5, 5.41) is 7.93. The summed E-state index contributed by atoms with van der Waals surface area (Å²) in [6.07, 6.45) is 0.989. The fraction of sp³-hybridized carbons (Fsp3) is 0.500. The first-order chi connectivity index (χ1) is 10.6. The predicted octanol–water partition coefficient (Wildman–Crippen LogP) is 1.37. The SMILES string of the molecule is CCc1ccc([C@H](C)NC(=O)CNC(=O)NCCOC)cc1. The van der Waals surface area contributed by atoms with E-state index in [0.717, 1.165) is 12.0 Å². The van der Waals surface area contributed by atoms with Gasteiger partial charge in [-0.25, -0.2) is 4.79 Å². The minimum absolute atomic E-state index is 0.0593. The molecule has 0 spiro atoms. The molecule has 0 aliphatic heterocycles. The third-order valence-electron chi connectivity index (χ3n) is 3.27. The first kappa shape index (κ1) is 18.0. The molecule has 1 aromatic rings. The highest BCUT2D eigenvalue weighted by atomic mass is 16.5. The van der Waals surface area contributed by atoms with Gasteiger partial charge in [-0.15, -0.1) is 0 Å². The van der Waals surface area contributed by atoms with E-state index in [1.807, 2.05) is 19.1 Å². The summed E-state index contributed by atoms with van der Waals surface area (Å²) in [7, 11) is 1.56. The lowest BCUT2D eigenvalue weighted by atomic mass is 10.1. The lowest BCUT2D eigenvalue weighted by Crippen LogP contribution is -2.43. The van der Waals surface area contributed by atoms with Gasteiger partial charge in [-0.1, -0.05) is 31.2 Å². The Morgan fingerprint density at radius 3 is 2.45 bits per heavy atom. The number of carbonyl (C=O) groups excluding carboxylic acids is 2. The van der Waals surface area contributed by atoms with Crippen LogP contribution >= 0.6 is 0 Å². The van der Waals surface area contributed by atoms with Crippen molar-refractivity contribution in [1.82, 2.24) is 16.0 Å². The van der Waals surface area contributed by atoms with Gasteiger partial charge in [0.15, 0.2) is 0 Å². The quantitative estimate of drug-likeness (QED) is 0.635. The zero-order valence-electron chi connectivity index (χ0n) is 13.4. The van der Waals surface area contributed by atoms with E-state index < -0.39 is 0 Å². The molecule has 122 valence electrons. The molecule has 22 heavy (non-hydrogen) atoms. The van der Waals surface area contributed by atoms with Crippen LogP contribution in [-0.2, 0) is 16.0 Å². The molecule has 0 fully saturated rings. The summed E-state index contributed by atoms with van der Waals surface area (Å²) in [4.78, 5) is 23.2. The highest BCUT2D eigenvalue weighted by molar-refractivity contribution is 5.84. The van der Waals surface area contributed by atoms with E-state index in [2.05, 4.69) is 35.0 Å². The predicted molar refractivity (Wildman–Crippen MR) is 85.7 cm³/mol. The maximum atomic E-state index is 11.8. The van der Waals surface area contributed by atoms with Gasteiger partial charge in [0.2, 0.25) is 5.91 Å². The Kier molecular flexibility index (Phi) is 7.99. The van der Waals surface area contributed by atoms with Crippen LogP contribution in [0.15, 0.2) is 24.3 Å². The molecule has 0 bridgehead atoms. The maximum Gasteiger partial charge on any atom is 0.315 e. The van der Waals surface area contributed by atoms with Crippen molar-refractivity contribution in [3.63, 3.8) is 0 Å². The molecule has 1 atom stereocenters. The number of urea groups is 1. The fourth-order valence-electron chi connectivity index (χ4n) is 1.91. The lowest BCUT2D eigenvalue weighted by molar-refractivity contribution is -0.120. The van der Waals surface area contributed by atoms with Crippen LogP contribution in [-0.4, -0.2) is 38.7 Å². The number of nitrogens with one attached hydrogen (secondary N) is 3. The van der Waals surface area contributed by atoms with Gasteiger partial charge in [0.1, 0.15) is 0 Å². The minimum Gasteiger partial charge on any atom is -0.383 e. The Morgan fingerprint density at radius 1 is 1.18 bits per heavy atom. The fourth-order valence-corrected chi connectivity index (χ4v) is 1.91. The Morgan fingerprint density at radius 2 is 1.86 bits per heavy atom. The van der Waals surface area contributed by atoms with Crippen molar-refractivity contribution in [3.05, 3.63) is 35.4 Å². The highest BCUT2D eigenvalue weighted by Crippen LogP contribution is 2.13. The normalized spacial score (nSPS) is 11.6. The number of hydrogen-bond donors (Lipinski definition) is 3. The summed E-state index contributed by atoms with van der Waals surface area (Å²) >= 11 is 0. The molecule has 0 saturated carbocycles. The van der Waals surface area contributed by atoms with Crippen molar-refractivity contribution in [3.8, 4) is 0 Å². The van der Waals surface area contributed by atoms with Crippen LogP contribution in [0.4, 0.5) is 4.79 Å². The topological polar surface area (TPSA) is 79.5 Å². The highest BCUT2D eigenvalue weighted by Gasteiger charge is 2.10. The smallest absolute Gasteiger partial charge is 0.315 e. The number of ether oxygens (including phenoxy) is 1. The Balaban J connectivity index is 2.32. The zero-order chi connectivity index (χ0) is 16.4. The molecule has 0 saturated heterocycles. The number of aryl methyl sites for hydroxylation is 1. The van der Waals surface area contributed by atoms with E-state index in [4.69, 9.17) is 4.74 Å². The summed E-state index contributed by atoms with van der Waals surface area (Å²) in [6, 6.07) is 7.64. The Bertz CT molecular complexity index is 474. The summed E-state index contributed by atoms with van der Waals surface area (Å²) in [6.45, 7) is 4.80. The van der Waals surface area contributed by atoms with Crippen molar-refractivity contribution in [2.75, 3.05) is 26.8 Å². The van der Waals surface area contributed by atoms with Crippen LogP contribution in [0.1, 0.15) is 31.0 Å². The van der Waals surface area contributed by atoms with Crippen molar-refractivity contribution >= 4 is 11.9 Å². The molecule has 0 aromatic heterocycles. The molecule has 1 rings (SSSR count). The Labute approximate surface area is 131 Å². The van der Waals surface area contributed by atoms with Crippen molar-refractivity contribution in [2.45, 2.75) is 26.3 Å². The van der Waals surface area contributed by atoms with E-state index in [-0.39, 0.29) is 24.5 Å². The van der Waals surface area contributed by atoms with Crippen LogP contribution in [0.25, 0.3) is 0 Å². The number of hydrogen-bond acceptors (Lipinski definition) is 3. The van der Waals surface area contributed by atoms with Crippen LogP contribution in [0.2, 0.25) is 0 Å². The van der Waals surface area contributed by atoms with Crippen molar-refractivity contribution < 1.29 is 14.3 Å². The third kappa shape index (κ3) is 6.58. The van der Waals surface area contributed by atoms with Crippen LogP contribution in [0.5, 0.6) is 0 Å². The average Bonchev–Trinajstić information content (AvgIpc) is 2.53. The molecule has 0 aliphatic rings. The first-order valence-electron chi connectivity index (χ1n) is 7.45. The lowest BCUT2D eigenvalue weighted by Gasteiger charge is -2.15. The van der Waals surface area contributed by atoms with Gasteiger partial charge in [-0.3, -0.25) is 4.79 Å². The first-order valence-corrected chi connectivity index (χ1v) is 7.45. The average molecular weight is 307 g/mol. The zero-order valence-corrected chi connectivity index (χ0v) is 13.4.